The summed E-state index contributed by atoms with van der Waals surface area (Å²) >= 11 is 0. The summed E-state index contributed by atoms with van der Waals surface area (Å²) in [5, 5.41) is 8.65. The first kappa shape index (κ1) is 14.8. The smallest absolute Gasteiger partial charge is 0.432 e. The van der Waals surface area contributed by atoms with Crippen LogP contribution in [0.25, 0.3) is 0 Å². The van der Waals surface area contributed by atoms with Gasteiger partial charge in [-0.15, -0.1) is 0 Å². The molecule has 2 heterocycles. The molecule has 0 radical (unpaired) electrons. The standard InChI is InChI=1S/C12H16F3N3O2/c13-12(14,15)9-6-16-11(17-9)8-2-1-4-18(7-8)5-3-10(19)20/h6,8H,1-5,7H2,(H,16,17)(H,19,20). The number of likely N-dealkylation sites (tertiary alicyclic amines) is 1. The van der Waals surface area contributed by atoms with Crippen LogP contribution in [0.4, 0.5) is 13.2 Å². The van der Waals surface area contributed by atoms with Crippen LogP contribution in [0.5, 0.6) is 0 Å². The molecule has 8 heteroatoms. The number of alkyl halides is 3. The zero-order valence-electron chi connectivity index (χ0n) is 10.8. The highest BCUT2D eigenvalue weighted by Gasteiger charge is 2.34. The number of carboxylic acid groups (broad SMARTS) is 1. The second kappa shape index (κ2) is 5.82. The highest BCUT2D eigenvalue weighted by Crippen LogP contribution is 2.30. The lowest BCUT2D eigenvalue weighted by atomic mass is 9.97. The van der Waals surface area contributed by atoms with Gasteiger partial charge in [-0.05, 0) is 19.4 Å². The fourth-order valence-electron chi connectivity index (χ4n) is 2.42. The van der Waals surface area contributed by atoms with Crippen molar-refractivity contribution in [3.05, 3.63) is 17.7 Å². The van der Waals surface area contributed by atoms with Gasteiger partial charge >= 0.3 is 12.1 Å². The predicted octanol–water partition coefficient (Wildman–Crippen LogP) is 2.08. The van der Waals surface area contributed by atoms with Crippen molar-refractivity contribution in [2.45, 2.75) is 31.4 Å². The van der Waals surface area contributed by atoms with Crippen LogP contribution in [-0.2, 0) is 11.0 Å². The number of halogens is 3. The minimum Gasteiger partial charge on any atom is -0.481 e. The van der Waals surface area contributed by atoms with Gasteiger partial charge in [-0.3, -0.25) is 4.79 Å². The van der Waals surface area contributed by atoms with E-state index in [1.807, 2.05) is 4.90 Å². The lowest BCUT2D eigenvalue weighted by molar-refractivity contribution is -0.141. The number of imidazole rings is 1. The summed E-state index contributed by atoms with van der Waals surface area (Å²) in [4.78, 5) is 18.6. The number of piperidine rings is 1. The topological polar surface area (TPSA) is 69.2 Å². The van der Waals surface area contributed by atoms with E-state index in [1.165, 1.54) is 0 Å². The molecule has 2 N–H and O–H groups in total. The Balaban J connectivity index is 1.98. The van der Waals surface area contributed by atoms with Gasteiger partial charge in [0.2, 0.25) is 0 Å². The summed E-state index contributed by atoms with van der Waals surface area (Å²) in [6.07, 6.45) is -1.98. The zero-order valence-corrected chi connectivity index (χ0v) is 10.8. The Labute approximate surface area is 113 Å². The minimum absolute atomic E-state index is 0.0404. The first-order valence-electron chi connectivity index (χ1n) is 6.42. The highest BCUT2D eigenvalue weighted by molar-refractivity contribution is 5.66. The molecule has 0 amide bonds. The Kier molecular flexibility index (Phi) is 4.32. The molecule has 1 aliphatic heterocycles. The minimum atomic E-state index is -4.41. The van der Waals surface area contributed by atoms with E-state index >= 15 is 0 Å². The number of carboxylic acids is 1. The van der Waals surface area contributed by atoms with Crippen molar-refractivity contribution < 1.29 is 23.1 Å². The van der Waals surface area contributed by atoms with E-state index in [4.69, 9.17) is 5.11 Å². The Morgan fingerprint density at radius 2 is 2.30 bits per heavy atom. The maximum Gasteiger partial charge on any atom is 0.432 e. The van der Waals surface area contributed by atoms with E-state index in [2.05, 4.69) is 9.97 Å². The Hall–Kier alpha value is -1.57. The zero-order chi connectivity index (χ0) is 14.8. The molecular formula is C12H16F3N3O2. The number of carbonyl (C=O) groups is 1. The second-order valence-electron chi connectivity index (χ2n) is 4.96. The Morgan fingerprint density at radius 3 is 2.90 bits per heavy atom. The fraction of sp³-hybridized carbons (Fsp3) is 0.667. The van der Waals surface area contributed by atoms with Crippen molar-refractivity contribution >= 4 is 5.97 Å². The first-order valence-corrected chi connectivity index (χ1v) is 6.42. The van der Waals surface area contributed by atoms with Crippen LogP contribution in [0.15, 0.2) is 6.20 Å². The van der Waals surface area contributed by atoms with Gasteiger partial charge < -0.3 is 15.0 Å². The largest absolute Gasteiger partial charge is 0.481 e. The van der Waals surface area contributed by atoms with Crippen molar-refractivity contribution in [1.82, 2.24) is 14.9 Å². The summed E-state index contributed by atoms with van der Waals surface area (Å²) in [5.74, 6) is -0.643. The van der Waals surface area contributed by atoms with Crippen LogP contribution >= 0.6 is 0 Å². The summed E-state index contributed by atoms with van der Waals surface area (Å²) in [6, 6.07) is 0. The summed E-state index contributed by atoms with van der Waals surface area (Å²) in [5.41, 5.74) is -0.838. The summed E-state index contributed by atoms with van der Waals surface area (Å²) in [7, 11) is 0. The van der Waals surface area contributed by atoms with E-state index in [1.54, 1.807) is 0 Å². The van der Waals surface area contributed by atoms with Crippen molar-refractivity contribution in [2.75, 3.05) is 19.6 Å². The first-order chi connectivity index (χ1) is 9.36. The maximum atomic E-state index is 12.5. The Morgan fingerprint density at radius 1 is 1.55 bits per heavy atom. The molecule has 112 valence electrons. The monoisotopic (exact) mass is 291 g/mol. The highest BCUT2D eigenvalue weighted by atomic mass is 19.4. The number of nitrogens with zero attached hydrogens (tertiary/aromatic N) is 2. The molecule has 0 aliphatic carbocycles. The van der Waals surface area contributed by atoms with Crippen LogP contribution in [0.3, 0.4) is 0 Å². The molecule has 1 aromatic heterocycles. The van der Waals surface area contributed by atoms with Crippen LogP contribution in [-0.4, -0.2) is 45.6 Å². The number of aliphatic carboxylic acids is 1. The van der Waals surface area contributed by atoms with E-state index in [9.17, 15) is 18.0 Å². The van der Waals surface area contributed by atoms with Crippen molar-refractivity contribution in [1.29, 1.82) is 0 Å². The lowest BCUT2D eigenvalue weighted by Crippen LogP contribution is -2.36. The molecule has 2 rings (SSSR count). The molecule has 5 nitrogen and oxygen atoms in total. The third kappa shape index (κ3) is 3.72. The SMILES string of the molecule is O=C(O)CCN1CCCC(c2ncc(C(F)(F)F)[nH]2)C1. The molecule has 1 saturated heterocycles. The molecule has 1 aromatic rings. The van der Waals surface area contributed by atoms with E-state index in [0.29, 0.717) is 18.9 Å². The van der Waals surface area contributed by atoms with Gasteiger partial charge in [0.05, 0.1) is 12.6 Å². The molecule has 1 atom stereocenters. The number of nitrogens with one attached hydrogen (secondary N) is 1. The van der Waals surface area contributed by atoms with E-state index < -0.39 is 17.8 Å². The number of hydrogen-bond donors (Lipinski definition) is 2. The molecule has 1 fully saturated rings. The van der Waals surface area contributed by atoms with Gasteiger partial charge in [-0.2, -0.15) is 13.2 Å². The molecule has 0 spiro atoms. The molecule has 1 unspecified atom stereocenters. The van der Waals surface area contributed by atoms with Gasteiger partial charge in [0.15, 0.2) is 0 Å². The van der Waals surface area contributed by atoms with Crippen molar-refractivity contribution in [2.24, 2.45) is 0 Å². The summed E-state index contributed by atoms with van der Waals surface area (Å²) in [6.45, 7) is 1.73. The van der Waals surface area contributed by atoms with Gasteiger partial charge in [0.25, 0.3) is 0 Å². The average molecular weight is 291 g/mol. The third-order valence-corrected chi connectivity index (χ3v) is 3.43. The number of aromatic amines is 1. The molecule has 0 bridgehead atoms. The van der Waals surface area contributed by atoms with E-state index in [0.717, 1.165) is 25.6 Å². The average Bonchev–Trinajstić information content (AvgIpc) is 2.86. The second-order valence-corrected chi connectivity index (χ2v) is 4.96. The van der Waals surface area contributed by atoms with Crippen LogP contribution in [0.1, 0.15) is 36.7 Å². The maximum absolute atomic E-state index is 12.5. The fourth-order valence-corrected chi connectivity index (χ4v) is 2.42. The van der Waals surface area contributed by atoms with Crippen molar-refractivity contribution in [3.8, 4) is 0 Å². The van der Waals surface area contributed by atoms with Gasteiger partial charge in [-0.1, -0.05) is 0 Å². The summed E-state index contributed by atoms with van der Waals surface area (Å²) < 4.78 is 37.5. The number of H-pyrrole nitrogens is 1. The molecular weight excluding hydrogens is 275 g/mol. The van der Waals surface area contributed by atoms with Crippen molar-refractivity contribution in [3.63, 3.8) is 0 Å². The molecule has 0 saturated carbocycles. The number of hydrogen-bond acceptors (Lipinski definition) is 3. The quantitative estimate of drug-likeness (QED) is 0.891. The number of rotatable bonds is 4. The van der Waals surface area contributed by atoms with E-state index in [-0.39, 0.29) is 12.3 Å². The third-order valence-electron chi connectivity index (χ3n) is 3.43. The predicted molar refractivity (Wildman–Crippen MR) is 64.3 cm³/mol. The Bertz CT molecular complexity index is 473. The number of aromatic nitrogens is 2. The van der Waals surface area contributed by atoms with Gasteiger partial charge in [0, 0.05) is 19.0 Å². The van der Waals surface area contributed by atoms with Gasteiger partial charge in [-0.25, -0.2) is 4.98 Å². The van der Waals surface area contributed by atoms with Crippen LogP contribution in [0.2, 0.25) is 0 Å². The lowest BCUT2D eigenvalue weighted by Gasteiger charge is -2.31. The van der Waals surface area contributed by atoms with Gasteiger partial charge in [0.1, 0.15) is 11.5 Å². The normalized spacial score (nSPS) is 21.1. The molecule has 0 aromatic carbocycles. The van der Waals surface area contributed by atoms with Crippen LogP contribution in [0, 0.1) is 0 Å². The molecule has 1 aliphatic rings. The van der Waals surface area contributed by atoms with Crippen LogP contribution < -0.4 is 0 Å². The molecule has 20 heavy (non-hydrogen) atoms.